The molecule has 0 unspecified atom stereocenters. The number of nitrogens with zero attached hydrogens (tertiary/aromatic N) is 1. The van der Waals surface area contributed by atoms with Gasteiger partial charge in [-0.3, -0.25) is 0 Å². The molecule has 0 atom stereocenters. The van der Waals surface area contributed by atoms with Crippen molar-refractivity contribution in [2.45, 2.75) is 13.1 Å². The Bertz CT molecular complexity index is 458. The van der Waals surface area contributed by atoms with Crippen molar-refractivity contribution < 1.29 is 17.9 Å². The summed E-state index contributed by atoms with van der Waals surface area (Å²) < 4.78 is 42.3. The fourth-order valence-corrected chi connectivity index (χ4v) is 1.15. The first-order chi connectivity index (χ1) is 7.99. The number of hydrogen-bond donors (Lipinski definition) is 0. The van der Waals surface area contributed by atoms with Gasteiger partial charge in [0.25, 0.3) is 0 Å². The zero-order chi connectivity index (χ0) is 12.9. The van der Waals surface area contributed by atoms with Gasteiger partial charge in [-0.25, -0.2) is 0 Å². The number of allylic oxidation sites excluding steroid dienone is 1. The minimum atomic E-state index is -4.45. The van der Waals surface area contributed by atoms with E-state index in [9.17, 15) is 13.2 Å². The lowest BCUT2D eigenvalue weighted by atomic mass is 10.1. The molecular weight excluding hydrogens is 231 g/mol. The summed E-state index contributed by atoms with van der Waals surface area (Å²) in [6, 6.07) is 4.52. The van der Waals surface area contributed by atoms with E-state index in [1.165, 1.54) is 0 Å². The van der Waals surface area contributed by atoms with Crippen molar-refractivity contribution in [1.29, 1.82) is 5.26 Å². The van der Waals surface area contributed by atoms with Crippen LogP contribution in [0.5, 0.6) is 5.75 Å². The van der Waals surface area contributed by atoms with E-state index in [1.54, 1.807) is 25.1 Å². The van der Waals surface area contributed by atoms with Crippen LogP contribution in [0.4, 0.5) is 13.2 Å². The van der Waals surface area contributed by atoms with Crippen LogP contribution in [-0.4, -0.2) is 6.61 Å². The van der Waals surface area contributed by atoms with Crippen LogP contribution in [0.25, 0.3) is 0 Å². The van der Waals surface area contributed by atoms with Crippen LogP contribution in [-0.2, 0) is 6.18 Å². The summed E-state index contributed by atoms with van der Waals surface area (Å²) in [6.45, 7) is 2.01. The quantitative estimate of drug-likeness (QED) is 0.758. The largest absolute Gasteiger partial charge is 0.488 e. The maximum atomic E-state index is 12.4. The minimum Gasteiger partial charge on any atom is -0.488 e. The average Bonchev–Trinajstić information content (AvgIpc) is 2.28. The van der Waals surface area contributed by atoms with Gasteiger partial charge < -0.3 is 4.74 Å². The van der Waals surface area contributed by atoms with Gasteiger partial charge in [0.05, 0.1) is 11.1 Å². The van der Waals surface area contributed by atoms with Crippen molar-refractivity contribution in [1.82, 2.24) is 0 Å². The van der Waals surface area contributed by atoms with E-state index in [4.69, 9.17) is 10.00 Å². The summed E-state index contributed by atoms with van der Waals surface area (Å²) in [6.07, 6.45) is -1.01. The lowest BCUT2D eigenvalue weighted by Crippen LogP contribution is -2.06. The number of halogens is 3. The molecule has 2 nitrogen and oxygen atoms in total. The number of alkyl halides is 3. The van der Waals surface area contributed by atoms with Gasteiger partial charge in [-0.2, -0.15) is 18.4 Å². The number of nitriles is 1. The molecule has 0 saturated carbocycles. The predicted molar refractivity (Wildman–Crippen MR) is 56.5 cm³/mol. The lowest BCUT2D eigenvalue weighted by molar-refractivity contribution is -0.137. The molecule has 5 heteroatoms. The zero-order valence-corrected chi connectivity index (χ0v) is 9.08. The maximum Gasteiger partial charge on any atom is 0.416 e. The Hall–Kier alpha value is -1.96. The van der Waals surface area contributed by atoms with Gasteiger partial charge in [0.15, 0.2) is 0 Å². The summed E-state index contributed by atoms with van der Waals surface area (Å²) in [5.74, 6) is 0.151. The first-order valence-corrected chi connectivity index (χ1v) is 4.84. The van der Waals surface area contributed by atoms with Gasteiger partial charge in [0.2, 0.25) is 0 Å². The summed E-state index contributed by atoms with van der Waals surface area (Å²) in [5, 5.41) is 8.75. The van der Waals surface area contributed by atoms with Crippen LogP contribution in [0.15, 0.2) is 30.4 Å². The van der Waals surface area contributed by atoms with Gasteiger partial charge in [0, 0.05) is 0 Å². The highest BCUT2D eigenvalue weighted by molar-refractivity contribution is 5.46. The van der Waals surface area contributed by atoms with E-state index in [0.717, 1.165) is 18.2 Å². The second-order valence-electron chi connectivity index (χ2n) is 3.20. The fraction of sp³-hybridized carbons (Fsp3) is 0.250. The normalized spacial score (nSPS) is 11.5. The van der Waals surface area contributed by atoms with Crippen molar-refractivity contribution in [3.8, 4) is 11.8 Å². The number of ether oxygens (including phenoxy) is 1. The van der Waals surface area contributed by atoms with Crippen LogP contribution in [0.3, 0.4) is 0 Å². The van der Waals surface area contributed by atoms with Crippen molar-refractivity contribution in [3.05, 3.63) is 41.5 Å². The fourth-order valence-electron chi connectivity index (χ4n) is 1.15. The molecule has 0 saturated heterocycles. The van der Waals surface area contributed by atoms with Gasteiger partial charge >= 0.3 is 6.18 Å². The second-order valence-corrected chi connectivity index (χ2v) is 3.20. The van der Waals surface area contributed by atoms with E-state index in [1.807, 2.05) is 0 Å². The molecule has 0 aliphatic heterocycles. The summed E-state index contributed by atoms with van der Waals surface area (Å²) in [7, 11) is 0. The third kappa shape index (κ3) is 3.52. The van der Waals surface area contributed by atoms with E-state index >= 15 is 0 Å². The number of rotatable bonds is 3. The van der Waals surface area contributed by atoms with Crippen LogP contribution in [0.1, 0.15) is 18.1 Å². The highest BCUT2D eigenvalue weighted by Crippen LogP contribution is 2.32. The monoisotopic (exact) mass is 241 g/mol. The number of hydrogen-bond acceptors (Lipinski definition) is 2. The predicted octanol–water partition coefficient (Wildman–Crippen LogP) is 3.53. The molecule has 1 aromatic carbocycles. The Morgan fingerprint density at radius 1 is 1.41 bits per heavy atom. The Morgan fingerprint density at radius 2 is 2.12 bits per heavy atom. The molecule has 0 bridgehead atoms. The summed E-state index contributed by atoms with van der Waals surface area (Å²) in [4.78, 5) is 0. The third-order valence-electron chi connectivity index (χ3n) is 2.00. The molecule has 17 heavy (non-hydrogen) atoms. The zero-order valence-electron chi connectivity index (χ0n) is 9.08. The Kier molecular flexibility index (Phi) is 4.16. The molecule has 1 aromatic rings. The first-order valence-electron chi connectivity index (χ1n) is 4.84. The average molecular weight is 241 g/mol. The summed E-state index contributed by atoms with van der Waals surface area (Å²) >= 11 is 0. The van der Waals surface area contributed by atoms with Crippen molar-refractivity contribution >= 4 is 0 Å². The maximum absolute atomic E-state index is 12.4. The van der Waals surface area contributed by atoms with Crippen LogP contribution >= 0.6 is 0 Å². The van der Waals surface area contributed by atoms with Crippen LogP contribution in [0.2, 0.25) is 0 Å². The molecular formula is C12H10F3NO. The van der Waals surface area contributed by atoms with Crippen molar-refractivity contribution in [2.75, 3.05) is 6.61 Å². The van der Waals surface area contributed by atoms with Crippen molar-refractivity contribution in [3.63, 3.8) is 0 Å². The highest BCUT2D eigenvalue weighted by Gasteiger charge is 2.31. The molecule has 0 radical (unpaired) electrons. The van der Waals surface area contributed by atoms with E-state index in [0.29, 0.717) is 0 Å². The van der Waals surface area contributed by atoms with Crippen molar-refractivity contribution in [2.24, 2.45) is 0 Å². The molecule has 0 heterocycles. The number of benzene rings is 1. The Morgan fingerprint density at radius 3 is 2.65 bits per heavy atom. The standard InChI is InChI=1S/C12H10F3NO/c1-2-3-6-17-11-5-4-10(12(13,14)15)7-9(11)8-16/h2-5,7H,6H2,1H3. The van der Waals surface area contributed by atoms with E-state index in [-0.39, 0.29) is 17.9 Å². The Balaban J connectivity index is 2.99. The lowest BCUT2D eigenvalue weighted by Gasteiger charge is -2.10. The van der Waals surface area contributed by atoms with E-state index in [2.05, 4.69) is 0 Å². The SMILES string of the molecule is CC=CCOc1ccc(C(F)(F)F)cc1C#N. The van der Waals surface area contributed by atoms with Crippen LogP contribution < -0.4 is 4.74 Å². The van der Waals surface area contributed by atoms with Gasteiger partial charge in [0.1, 0.15) is 18.4 Å². The molecule has 0 aromatic heterocycles. The molecule has 90 valence electrons. The molecule has 0 fully saturated rings. The molecule has 0 aliphatic carbocycles. The first kappa shape index (κ1) is 13.1. The smallest absolute Gasteiger partial charge is 0.416 e. The minimum absolute atomic E-state index is 0.121. The molecule has 0 spiro atoms. The molecule has 0 aliphatic rings. The second kappa shape index (κ2) is 5.39. The molecule has 0 amide bonds. The van der Waals surface area contributed by atoms with Gasteiger partial charge in [-0.15, -0.1) is 0 Å². The van der Waals surface area contributed by atoms with Crippen LogP contribution in [0, 0.1) is 11.3 Å². The van der Waals surface area contributed by atoms with E-state index < -0.39 is 11.7 Å². The molecule has 0 N–H and O–H groups in total. The van der Waals surface area contributed by atoms with Gasteiger partial charge in [-0.05, 0) is 25.1 Å². The molecule has 1 rings (SSSR count). The Labute approximate surface area is 96.9 Å². The van der Waals surface area contributed by atoms with Gasteiger partial charge in [-0.1, -0.05) is 12.2 Å². The topological polar surface area (TPSA) is 33.0 Å². The highest BCUT2D eigenvalue weighted by atomic mass is 19.4. The third-order valence-corrected chi connectivity index (χ3v) is 2.00. The summed E-state index contributed by atoms with van der Waals surface area (Å²) in [5.41, 5.74) is -0.975.